The number of carbonyl (C=O) groups is 1. The van der Waals surface area contributed by atoms with Gasteiger partial charge in [-0.2, -0.15) is 0 Å². The van der Waals surface area contributed by atoms with Crippen molar-refractivity contribution in [1.82, 2.24) is 10.2 Å². The average Bonchev–Trinajstić information content (AvgIpc) is 3.28. The first-order chi connectivity index (χ1) is 13.5. The molecule has 1 aliphatic heterocycles. The summed E-state index contributed by atoms with van der Waals surface area (Å²) in [5.74, 6) is 0.991. The molecule has 2 rings (SSSR count). The summed E-state index contributed by atoms with van der Waals surface area (Å²) in [5, 5.41) is 3.26. The lowest BCUT2D eigenvalue weighted by Gasteiger charge is -2.26. The van der Waals surface area contributed by atoms with Crippen LogP contribution in [0.3, 0.4) is 0 Å². The third-order valence-electron chi connectivity index (χ3n) is 5.52. The summed E-state index contributed by atoms with van der Waals surface area (Å²) >= 11 is 1.72. The lowest BCUT2D eigenvalue weighted by atomic mass is 9.99. The maximum absolute atomic E-state index is 12.3. The lowest BCUT2D eigenvalue weighted by molar-refractivity contribution is -0.130. The van der Waals surface area contributed by atoms with Crippen molar-refractivity contribution in [3.63, 3.8) is 0 Å². The zero-order valence-corrected chi connectivity index (χ0v) is 18.8. The molecule has 1 aromatic rings. The highest BCUT2D eigenvalue weighted by atomic mass is 32.1. The fourth-order valence-corrected chi connectivity index (χ4v) is 4.63. The minimum Gasteiger partial charge on any atom is -0.385 e. The second-order valence-electron chi connectivity index (χ2n) is 7.96. The number of rotatable bonds is 14. The van der Waals surface area contributed by atoms with Crippen molar-refractivity contribution in [3.05, 3.63) is 28.5 Å². The van der Waals surface area contributed by atoms with Gasteiger partial charge < -0.3 is 15.0 Å². The molecule has 1 amide bonds. The molecule has 0 bridgehead atoms. The number of nitrogens with zero attached hydrogens (tertiary/aromatic N) is 1. The molecule has 1 saturated heterocycles. The summed E-state index contributed by atoms with van der Waals surface area (Å²) < 4.78 is 5.99. The topological polar surface area (TPSA) is 41.6 Å². The van der Waals surface area contributed by atoms with Gasteiger partial charge in [0.05, 0.1) is 19.3 Å². The minimum absolute atomic E-state index is 0.242. The number of carbonyl (C=O) groups excluding carboxylic acids is 1. The number of hydrogen-bond donors (Lipinski definition) is 1. The van der Waals surface area contributed by atoms with Crippen molar-refractivity contribution in [2.45, 2.75) is 78.4 Å². The number of ether oxygens (including phenoxy) is 1. The number of likely N-dealkylation sites (tertiary alicyclic amines) is 1. The van der Waals surface area contributed by atoms with Crippen LogP contribution < -0.4 is 5.32 Å². The summed E-state index contributed by atoms with van der Waals surface area (Å²) in [4.78, 5) is 16.7. The van der Waals surface area contributed by atoms with E-state index in [0.29, 0.717) is 31.5 Å². The second-order valence-corrected chi connectivity index (χ2v) is 9.13. The molecule has 5 heteroatoms. The van der Waals surface area contributed by atoms with Crippen LogP contribution in [0.25, 0.3) is 5.70 Å². The van der Waals surface area contributed by atoms with Gasteiger partial charge in [0, 0.05) is 35.0 Å². The van der Waals surface area contributed by atoms with Gasteiger partial charge in [-0.3, -0.25) is 4.79 Å². The maximum Gasteiger partial charge on any atom is 0.222 e. The van der Waals surface area contributed by atoms with Gasteiger partial charge in [-0.05, 0) is 37.8 Å². The Morgan fingerprint density at radius 1 is 1.36 bits per heavy atom. The molecule has 158 valence electrons. The third kappa shape index (κ3) is 7.25. The molecule has 1 aromatic heterocycles. The van der Waals surface area contributed by atoms with Gasteiger partial charge in [0.15, 0.2) is 0 Å². The van der Waals surface area contributed by atoms with Crippen molar-refractivity contribution in [2.24, 2.45) is 5.92 Å². The number of amides is 1. The first kappa shape index (κ1) is 23.0. The van der Waals surface area contributed by atoms with Gasteiger partial charge in [-0.15, -0.1) is 11.3 Å². The van der Waals surface area contributed by atoms with E-state index in [-0.39, 0.29) is 6.04 Å². The largest absolute Gasteiger partial charge is 0.385 e. The monoisotopic (exact) mass is 406 g/mol. The van der Waals surface area contributed by atoms with Gasteiger partial charge in [0.2, 0.25) is 5.91 Å². The smallest absolute Gasteiger partial charge is 0.222 e. The van der Waals surface area contributed by atoms with Crippen LogP contribution in [0.1, 0.15) is 75.5 Å². The Kier molecular flexibility index (Phi) is 10.1. The molecule has 1 N–H and O–H groups in total. The lowest BCUT2D eigenvalue weighted by Crippen LogP contribution is -2.37. The van der Waals surface area contributed by atoms with E-state index in [1.54, 1.807) is 11.3 Å². The molecule has 4 nitrogen and oxygen atoms in total. The molecule has 0 saturated carbocycles. The average molecular weight is 407 g/mol. The summed E-state index contributed by atoms with van der Waals surface area (Å²) in [6.45, 7) is 13.7. The highest BCUT2D eigenvalue weighted by Gasteiger charge is 2.30. The summed E-state index contributed by atoms with van der Waals surface area (Å²) in [7, 11) is 0. The quantitative estimate of drug-likeness (QED) is 0.418. The maximum atomic E-state index is 12.3. The van der Waals surface area contributed by atoms with E-state index in [4.69, 9.17) is 4.74 Å². The fourth-order valence-electron chi connectivity index (χ4n) is 3.73. The van der Waals surface area contributed by atoms with E-state index in [9.17, 15) is 4.79 Å². The molecule has 1 aliphatic rings. The van der Waals surface area contributed by atoms with Crippen LogP contribution in [-0.2, 0) is 16.1 Å². The van der Waals surface area contributed by atoms with Crippen molar-refractivity contribution in [3.8, 4) is 0 Å². The molecule has 2 atom stereocenters. The van der Waals surface area contributed by atoms with E-state index >= 15 is 0 Å². The van der Waals surface area contributed by atoms with Gasteiger partial charge in [-0.1, -0.05) is 46.1 Å². The van der Waals surface area contributed by atoms with Crippen LogP contribution in [-0.4, -0.2) is 36.5 Å². The SMILES string of the molecule is C=C(NCC)c1ccc(COC[C@H]2CCC(=O)N2CC[C@@H](C)CCCCC)s1. The molecule has 2 heterocycles. The number of hydrogen-bond acceptors (Lipinski definition) is 4. The number of unbranched alkanes of at least 4 members (excludes halogenated alkanes) is 2. The van der Waals surface area contributed by atoms with Crippen LogP contribution in [0.2, 0.25) is 0 Å². The van der Waals surface area contributed by atoms with Gasteiger partial charge in [-0.25, -0.2) is 0 Å². The van der Waals surface area contributed by atoms with E-state index in [1.165, 1.54) is 30.6 Å². The molecule has 0 aromatic carbocycles. The highest BCUT2D eigenvalue weighted by molar-refractivity contribution is 7.13. The summed E-state index contributed by atoms with van der Waals surface area (Å²) in [5.41, 5.74) is 0.972. The summed E-state index contributed by atoms with van der Waals surface area (Å²) in [6.07, 6.45) is 7.87. The number of nitrogens with one attached hydrogen (secondary N) is 1. The van der Waals surface area contributed by atoms with E-state index in [1.807, 2.05) is 0 Å². The van der Waals surface area contributed by atoms with Crippen molar-refractivity contribution >= 4 is 22.9 Å². The Morgan fingerprint density at radius 3 is 2.93 bits per heavy atom. The van der Waals surface area contributed by atoms with Crippen LogP contribution in [0.4, 0.5) is 0 Å². The van der Waals surface area contributed by atoms with Crippen LogP contribution in [0.5, 0.6) is 0 Å². The first-order valence-corrected chi connectivity index (χ1v) is 11.8. The molecular weight excluding hydrogens is 368 g/mol. The predicted molar refractivity (Wildman–Crippen MR) is 119 cm³/mol. The Hall–Kier alpha value is -1.33. The molecule has 28 heavy (non-hydrogen) atoms. The Morgan fingerprint density at radius 2 is 2.18 bits per heavy atom. The molecule has 0 unspecified atom stereocenters. The normalized spacial score (nSPS) is 17.9. The fraction of sp³-hybridized carbons (Fsp3) is 0.696. The second kappa shape index (κ2) is 12.3. The van der Waals surface area contributed by atoms with Gasteiger partial charge in [0.1, 0.15) is 0 Å². The summed E-state index contributed by atoms with van der Waals surface area (Å²) in [6, 6.07) is 4.45. The molecule has 0 spiro atoms. The van der Waals surface area contributed by atoms with Crippen molar-refractivity contribution < 1.29 is 9.53 Å². The minimum atomic E-state index is 0.242. The Labute approximate surface area is 175 Å². The van der Waals surface area contributed by atoms with E-state index in [0.717, 1.165) is 36.5 Å². The molecular formula is C23H38N2O2S. The zero-order valence-electron chi connectivity index (χ0n) is 18.0. The van der Waals surface area contributed by atoms with Crippen LogP contribution in [0, 0.1) is 5.92 Å². The standard InChI is InChI=1S/C23H38N2O2S/c1-5-7-8-9-18(3)14-15-25-20(10-13-23(25)26)16-27-17-21-11-12-22(28-21)19(4)24-6-2/h11-12,18,20,24H,4-10,13-17H2,1-3H3/t18-,20+/m0/s1. The van der Waals surface area contributed by atoms with Crippen LogP contribution >= 0.6 is 11.3 Å². The third-order valence-corrected chi connectivity index (χ3v) is 6.64. The first-order valence-electron chi connectivity index (χ1n) is 10.9. The number of thiophene rings is 1. The Bertz CT molecular complexity index is 613. The zero-order chi connectivity index (χ0) is 20.4. The van der Waals surface area contributed by atoms with Crippen molar-refractivity contribution in [1.29, 1.82) is 0 Å². The van der Waals surface area contributed by atoms with Gasteiger partial charge in [0.25, 0.3) is 0 Å². The van der Waals surface area contributed by atoms with E-state index in [2.05, 4.69) is 49.7 Å². The van der Waals surface area contributed by atoms with Crippen molar-refractivity contribution in [2.75, 3.05) is 19.7 Å². The Balaban J connectivity index is 1.73. The molecule has 1 fully saturated rings. The predicted octanol–water partition coefficient (Wildman–Crippen LogP) is 5.44. The molecule has 0 aliphatic carbocycles. The molecule has 0 radical (unpaired) electrons. The highest BCUT2D eigenvalue weighted by Crippen LogP contribution is 2.24. The van der Waals surface area contributed by atoms with Gasteiger partial charge >= 0.3 is 0 Å². The van der Waals surface area contributed by atoms with E-state index < -0.39 is 0 Å². The van der Waals surface area contributed by atoms with Crippen LogP contribution in [0.15, 0.2) is 18.7 Å².